The Balaban J connectivity index is 2.13. The van der Waals surface area contributed by atoms with Gasteiger partial charge in [0.05, 0.1) is 17.9 Å². The molecule has 0 fully saturated rings. The lowest BCUT2D eigenvalue weighted by Crippen LogP contribution is -2.34. The molecule has 0 radical (unpaired) electrons. The average molecular weight is 237 g/mol. The van der Waals surface area contributed by atoms with Gasteiger partial charge >= 0.3 is 0 Å². The second kappa shape index (κ2) is 4.89. The van der Waals surface area contributed by atoms with Crippen LogP contribution in [0.2, 0.25) is 0 Å². The van der Waals surface area contributed by atoms with Crippen molar-refractivity contribution in [2.75, 3.05) is 12.0 Å². The SMILES string of the molecule is CSCC(=O)N[C@@H]1c2ccccc2C[C@@H]1O. The number of thioether (sulfide) groups is 1. The first-order valence-corrected chi connectivity index (χ1v) is 6.66. The van der Waals surface area contributed by atoms with Crippen LogP contribution in [0.1, 0.15) is 17.2 Å². The van der Waals surface area contributed by atoms with Crippen LogP contribution in [0.3, 0.4) is 0 Å². The monoisotopic (exact) mass is 237 g/mol. The van der Waals surface area contributed by atoms with E-state index >= 15 is 0 Å². The van der Waals surface area contributed by atoms with E-state index in [0.29, 0.717) is 12.2 Å². The highest BCUT2D eigenvalue weighted by atomic mass is 32.2. The van der Waals surface area contributed by atoms with Gasteiger partial charge in [0.15, 0.2) is 0 Å². The van der Waals surface area contributed by atoms with E-state index in [4.69, 9.17) is 0 Å². The summed E-state index contributed by atoms with van der Waals surface area (Å²) in [4.78, 5) is 11.5. The molecule has 0 saturated heterocycles. The molecule has 3 nitrogen and oxygen atoms in total. The second-order valence-electron chi connectivity index (χ2n) is 3.95. The number of aliphatic hydroxyl groups is 1. The molecular formula is C12H15NO2S. The molecule has 16 heavy (non-hydrogen) atoms. The van der Waals surface area contributed by atoms with Gasteiger partial charge in [-0.15, -0.1) is 0 Å². The number of hydrogen-bond donors (Lipinski definition) is 2. The third-order valence-electron chi connectivity index (χ3n) is 2.80. The fourth-order valence-corrected chi connectivity index (χ4v) is 2.44. The van der Waals surface area contributed by atoms with E-state index in [1.165, 1.54) is 11.8 Å². The van der Waals surface area contributed by atoms with Crippen molar-refractivity contribution in [2.24, 2.45) is 0 Å². The number of carbonyl (C=O) groups excluding carboxylic acids is 1. The Kier molecular flexibility index (Phi) is 3.51. The Labute approximate surface area is 99.2 Å². The highest BCUT2D eigenvalue weighted by Gasteiger charge is 2.31. The van der Waals surface area contributed by atoms with E-state index in [1.54, 1.807) is 0 Å². The molecule has 2 N–H and O–H groups in total. The Bertz CT molecular complexity index is 394. The lowest BCUT2D eigenvalue weighted by Gasteiger charge is -2.17. The van der Waals surface area contributed by atoms with Gasteiger partial charge in [0.2, 0.25) is 5.91 Å². The summed E-state index contributed by atoms with van der Waals surface area (Å²) in [5, 5.41) is 12.8. The van der Waals surface area contributed by atoms with Gasteiger partial charge in [-0.25, -0.2) is 0 Å². The third-order valence-corrected chi connectivity index (χ3v) is 3.35. The zero-order valence-electron chi connectivity index (χ0n) is 9.14. The van der Waals surface area contributed by atoms with Crippen LogP contribution in [0, 0.1) is 0 Å². The second-order valence-corrected chi connectivity index (χ2v) is 4.81. The number of hydrogen-bond acceptors (Lipinski definition) is 3. The Morgan fingerprint density at radius 1 is 1.56 bits per heavy atom. The average Bonchev–Trinajstić information content (AvgIpc) is 2.56. The zero-order valence-corrected chi connectivity index (χ0v) is 9.96. The molecule has 0 heterocycles. The van der Waals surface area contributed by atoms with Gasteiger partial charge < -0.3 is 10.4 Å². The topological polar surface area (TPSA) is 49.3 Å². The predicted octanol–water partition coefficient (Wildman–Crippen LogP) is 1.12. The number of fused-ring (bicyclic) bond motifs is 1. The molecule has 1 aromatic carbocycles. The van der Waals surface area contributed by atoms with Gasteiger partial charge in [-0.05, 0) is 17.4 Å². The van der Waals surface area contributed by atoms with Crippen LogP contribution in [0.5, 0.6) is 0 Å². The van der Waals surface area contributed by atoms with E-state index in [0.717, 1.165) is 11.1 Å². The Morgan fingerprint density at radius 3 is 3.06 bits per heavy atom. The highest BCUT2D eigenvalue weighted by molar-refractivity contribution is 7.99. The van der Waals surface area contributed by atoms with Crippen LogP contribution in [-0.2, 0) is 11.2 Å². The van der Waals surface area contributed by atoms with Crippen LogP contribution in [0.4, 0.5) is 0 Å². The van der Waals surface area contributed by atoms with Crippen molar-refractivity contribution in [3.05, 3.63) is 35.4 Å². The van der Waals surface area contributed by atoms with Gasteiger partial charge in [-0.3, -0.25) is 4.79 Å². The summed E-state index contributed by atoms with van der Waals surface area (Å²) in [6.45, 7) is 0. The van der Waals surface area contributed by atoms with E-state index in [1.807, 2.05) is 30.5 Å². The summed E-state index contributed by atoms with van der Waals surface area (Å²) in [6.07, 6.45) is 2.02. The molecule has 1 aliphatic carbocycles. The lowest BCUT2D eigenvalue weighted by atomic mass is 10.1. The van der Waals surface area contributed by atoms with E-state index in [9.17, 15) is 9.90 Å². The quantitative estimate of drug-likeness (QED) is 0.828. The summed E-state index contributed by atoms with van der Waals surface area (Å²) < 4.78 is 0. The first-order chi connectivity index (χ1) is 7.72. The lowest BCUT2D eigenvalue weighted by molar-refractivity contribution is -0.120. The first-order valence-electron chi connectivity index (χ1n) is 5.26. The summed E-state index contributed by atoms with van der Waals surface area (Å²) in [5.41, 5.74) is 2.17. The van der Waals surface area contributed by atoms with Crippen molar-refractivity contribution < 1.29 is 9.90 Å². The van der Waals surface area contributed by atoms with Gasteiger partial charge in [-0.1, -0.05) is 24.3 Å². The van der Waals surface area contributed by atoms with E-state index < -0.39 is 6.10 Å². The number of aliphatic hydroxyl groups excluding tert-OH is 1. The predicted molar refractivity (Wildman–Crippen MR) is 65.4 cm³/mol. The molecule has 2 atom stereocenters. The van der Waals surface area contributed by atoms with E-state index in [-0.39, 0.29) is 11.9 Å². The summed E-state index contributed by atoms with van der Waals surface area (Å²) in [5.74, 6) is 0.416. The third kappa shape index (κ3) is 2.23. The van der Waals surface area contributed by atoms with Crippen LogP contribution in [0.25, 0.3) is 0 Å². The molecule has 1 aromatic rings. The number of nitrogens with one attached hydrogen (secondary N) is 1. The minimum Gasteiger partial charge on any atom is -0.390 e. The minimum absolute atomic E-state index is 0.0201. The van der Waals surface area contributed by atoms with Crippen molar-refractivity contribution >= 4 is 17.7 Å². The smallest absolute Gasteiger partial charge is 0.230 e. The number of rotatable bonds is 3. The molecule has 4 heteroatoms. The molecule has 1 amide bonds. The molecule has 0 spiro atoms. The molecule has 2 rings (SSSR count). The number of carbonyl (C=O) groups is 1. The first kappa shape index (κ1) is 11.5. The van der Waals surface area contributed by atoms with Crippen LogP contribution in [-0.4, -0.2) is 29.1 Å². The van der Waals surface area contributed by atoms with Gasteiger partial charge in [-0.2, -0.15) is 11.8 Å². The highest BCUT2D eigenvalue weighted by Crippen LogP contribution is 2.31. The van der Waals surface area contributed by atoms with Gasteiger partial charge in [0.25, 0.3) is 0 Å². The van der Waals surface area contributed by atoms with Crippen molar-refractivity contribution in [3.8, 4) is 0 Å². The van der Waals surface area contributed by atoms with Crippen molar-refractivity contribution in [3.63, 3.8) is 0 Å². The molecule has 0 aliphatic heterocycles. The number of benzene rings is 1. The molecule has 1 aliphatic rings. The molecule has 0 unspecified atom stereocenters. The van der Waals surface area contributed by atoms with Crippen LogP contribution >= 0.6 is 11.8 Å². The fraction of sp³-hybridized carbons (Fsp3) is 0.417. The fourth-order valence-electron chi connectivity index (χ4n) is 2.09. The normalized spacial score (nSPS) is 22.9. The van der Waals surface area contributed by atoms with Crippen LogP contribution < -0.4 is 5.32 Å². The standard InChI is InChI=1S/C12H15NO2S/c1-16-7-11(15)13-12-9-5-3-2-4-8(9)6-10(12)14/h2-5,10,12,14H,6-7H2,1H3,(H,13,15)/t10-,12+/m0/s1. The zero-order chi connectivity index (χ0) is 11.5. The van der Waals surface area contributed by atoms with Crippen molar-refractivity contribution in [1.29, 1.82) is 0 Å². The maximum absolute atomic E-state index is 11.5. The summed E-state index contributed by atoms with van der Waals surface area (Å²) in [6, 6.07) is 7.62. The van der Waals surface area contributed by atoms with Crippen molar-refractivity contribution in [2.45, 2.75) is 18.6 Å². The molecule has 0 aromatic heterocycles. The largest absolute Gasteiger partial charge is 0.390 e. The Hall–Kier alpha value is -1.00. The maximum atomic E-state index is 11.5. The van der Waals surface area contributed by atoms with Gasteiger partial charge in [0, 0.05) is 6.42 Å². The number of amides is 1. The Morgan fingerprint density at radius 2 is 2.31 bits per heavy atom. The van der Waals surface area contributed by atoms with Gasteiger partial charge in [0.1, 0.15) is 0 Å². The van der Waals surface area contributed by atoms with Crippen LogP contribution in [0.15, 0.2) is 24.3 Å². The molecular weight excluding hydrogens is 222 g/mol. The minimum atomic E-state index is -0.497. The van der Waals surface area contributed by atoms with E-state index in [2.05, 4.69) is 5.32 Å². The molecule has 0 saturated carbocycles. The summed E-state index contributed by atoms with van der Waals surface area (Å²) >= 11 is 1.48. The molecule has 0 bridgehead atoms. The molecule has 86 valence electrons. The van der Waals surface area contributed by atoms with Crippen molar-refractivity contribution in [1.82, 2.24) is 5.32 Å². The maximum Gasteiger partial charge on any atom is 0.230 e. The summed E-state index contributed by atoms with van der Waals surface area (Å²) in [7, 11) is 0.